The SMILES string of the molecule is Cc1cccc2ncc(C(=O)N3CCNC(=O)C3c3ccc(F)cc3)c(=O)n12. The van der Waals surface area contributed by atoms with Crippen molar-refractivity contribution in [2.24, 2.45) is 0 Å². The fraction of sp³-hybridized carbons (Fsp3) is 0.200. The monoisotopic (exact) mass is 380 g/mol. The summed E-state index contributed by atoms with van der Waals surface area (Å²) in [5.41, 5.74) is 0.951. The Kier molecular flexibility index (Phi) is 4.38. The summed E-state index contributed by atoms with van der Waals surface area (Å²) in [6.07, 6.45) is 1.24. The molecule has 8 heteroatoms. The first kappa shape index (κ1) is 17.8. The van der Waals surface area contributed by atoms with Crippen molar-refractivity contribution in [2.45, 2.75) is 13.0 Å². The molecule has 0 saturated carbocycles. The Morgan fingerprint density at radius 1 is 1.18 bits per heavy atom. The lowest BCUT2D eigenvalue weighted by Gasteiger charge is -2.35. The van der Waals surface area contributed by atoms with Gasteiger partial charge in [0.15, 0.2) is 0 Å². The zero-order valence-corrected chi connectivity index (χ0v) is 15.1. The number of pyridine rings is 1. The van der Waals surface area contributed by atoms with Crippen LogP contribution in [0.5, 0.6) is 0 Å². The van der Waals surface area contributed by atoms with Crippen LogP contribution >= 0.6 is 0 Å². The van der Waals surface area contributed by atoms with Gasteiger partial charge < -0.3 is 10.2 Å². The van der Waals surface area contributed by atoms with Crippen LogP contribution < -0.4 is 10.9 Å². The van der Waals surface area contributed by atoms with Gasteiger partial charge in [0.25, 0.3) is 11.5 Å². The second kappa shape index (κ2) is 6.88. The number of halogens is 1. The van der Waals surface area contributed by atoms with Crippen LogP contribution in [-0.4, -0.2) is 39.2 Å². The van der Waals surface area contributed by atoms with Gasteiger partial charge in [-0.05, 0) is 36.8 Å². The highest BCUT2D eigenvalue weighted by molar-refractivity contribution is 5.98. The molecule has 1 aliphatic heterocycles. The van der Waals surface area contributed by atoms with Gasteiger partial charge in [-0.25, -0.2) is 9.37 Å². The molecule has 0 bridgehead atoms. The molecule has 7 nitrogen and oxygen atoms in total. The van der Waals surface area contributed by atoms with Crippen molar-refractivity contribution in [3.63, 3.8) is 0 Å². The first-order valence-electron chi connectivity index (χ1n) is 8.79. The summed E-state index contributed by atoms with van der Waals surface area (Å²) in [5.74, 6) is -1.40. The minimum atomic E-state index is -0.946. The van der Waals surface area contributed by atoms with E-state index in [9.17, 15) is 18.8 Å². The maximum atomic E-state index is 13.3. The molecule has 28 heavy (non-hydrogen) atoms. The summed E-state index contributed by atoms with van der Waals surface area (Å²) in [7, 11) is 0. The molecule has 1 atom stereocenters. The van der Waals surface area contributed by atoms with Crippen molar-refractivity contribution in [3.05, 3.63) is 81.7 Å². The second-order valence-corrected chi connectivity index (χ2v) is 6.58. The lowest BCUT2D eigenvalue weighted by Crippen LogP contribution is -2.53. The van der Waals surface area contributed by atoms with E-state index in [-0.39, 0.29) is 24.6 Å². The van der Waals surface area contributed by atoms with Gasteiger partial charge in [0, 0.05) is 25.0 Å². The highest BCUT2D eigenvalue weighted by atomic mass is 19.1. The van der Waals surface area contributed by atoms with Crippen LogP contribution in [0.1, 0.15) is 27.7 Å². The van der Waals surface area contributed by atoms with Crippen molar-refractivity contribution < 1.29 is 14.0 Å². The predicted molar refractivity (Wildman–Crippen MR) is 99.4 cm³/mol. The molecule has 142 valence electrons. The summed E-state index contributed by atoms with van der Waals surface area (Å²) in [4.78, 5) is 44.1. The van der Waals surface area contributed by atoms with E-state index in [0.717, 1.165) is 0 Å². The highest BCUT2D eigenvalue weighted by Crippen LogP contribution is 2.25. The lowest BCUT2D eigenvalue weighted by molar-refractivity contribution is -0.128. The molecule has 1 saturated heterocycles. The number of aryl methyl sites for hydroxylation is 1. The maximum Gasteiger partial charge on any atom is 0.270 e. The fourth-order valence-corrected chi connectivity index (χ4v) is 3.44. The van der Waals surface area contributed by atoms with Crippen molar-refractivity contribution >= 4 is 17.5 Å². The number of carbonyl (C=O) groups is 2. The number of hydrogen-bond donors (Lipinski definition) is 1. The molecule has 2 aromatic heterocycles. The molecule has 3 heterocycles. The molecular weight excluding hydrogens is 363 g/mol. The zero-order chi connectivity index (χ0) is 19.8. The zero-order valence-electron chi connectivity index (χ0n) is 15.1. The van der Waals surface area contributed by atoms with Gasteiger partial charge in [-0.1, -0.05) is 18.2 Å². The number of fused-ring (bicyclic) bond motifs is 1. The third kappa shape index (κ3) is 2.92. The molecule has 1 fully saturated rings. The van der Waals surface area contributed by atoms with Gasteiger partial charge in [-0.15, -0.1) is 0 Å². The fourth-order valence-electron chi connectivity index (χ4n) is 3.44. The standard InChI is InChI=1S/C20H17FN4O3/c1-12-3-2-4-16-23-11-15(20(28)25(12)16)19(27)24-10-9-22-18(26)17(24)13-5-7-14(21)8-6-13/h2-8,11,17H,9-10H2,1H3,(H,22,26). The molecule has 1 aliphatic rings. The molecule has 1 aromatic carbocycles. The van der Waals surface area contributed by atoms with Crippen LogP contribution in [0, 0.1) is 12.7 Å². The van der Waals surface area contributed by atoms with Crippen LogP contribution in [-0.2, 0) is 4.79 Å². The van der Waals surface area contributed by atoms with Gasteiger partial charge >= 0.3 is 0 Å². The number of nitrogens with zero attached hydrogens (tertiary/aromatic N) is 3. The molecule has 0 radical (unpaired) electrons. The van der Waals surface area contributed by atoms with Crippen LogP contribution in [0.15, 0.2) is 53.5 Å². The Hall–Kier alpha value is -3.55. The first-order valence-corrected chi connectivity index (χ1v) is 8.79. The number of aromatic nitrogens is 2. The number of nitrogens with one attached hydrogen (secondary N) is 1. The number of hydrogen-bond acceptors (Lipinski definition) is 4. The average Bonchev–Trinajstić information content (AvgIpc) is 2.68. The number of rotatable bonds is 2. The topological polar surface area (TPSA) is 83.8 Å². The second-order valence-electron chi connectivity index (χ2n) is 6.58. The van der Waals surface area contributed by atoms with E-state index in [1.54, 1.807) is 25.1 Å². The third-order valence-electron chi connectivity index (χ3n) is 4.81. The van der Waals surface area contributed by atoms with Crippen molar-refractivity contribution in [1.82, 2.24) is 19.6 Å². The Bertz CT molecular complexity index is 1140. The van der Waals surface area contributed by atoms with Crippen LogP contribution in [0.2, 0.25) is 0 Å². The Balaban J connectivity index is 1.79. The number of carbonyl (C=O) groups excluding carboxylic acids is 2. The van der Waals surface area contributed by atoms with Gasteiger partial charge in [0.2, 0.25) is 5.91 Å². The minimum Gasteiger partial charge on any atom is -0.352 e. The van der Waals surface area contributed by atoms with Gasteiger partial charge in [-0.2, -0.15) is 0 Å². The molecule has 3 aromatic rings. The van der Waals surface area contributed by atoms with E-state index in [4.69, 9.17) is 0 Å². The minimum absolute atomic E-state index is 0.117. The normalized spacial score (nSPS) is 16.9. The Labute approximate surface area is 159 Å². The lowest BCUT2D eigenvalue weighted by atomic mass is 10.0. The Morgan fingerprint density at radius 3 is 2.68 bits per heavy atom. The van der Waals surface area contributed by atoms with Gasteiger partial charge in [-0.3, -0.25) is 18.8 Å². The van der Waals surface area contributed by atoms with E-state index < -0.39 is 23.3 Å². The summed E-state index contributed by atoms with van der Waals surface area (Å²) < 4.78 is 14.6. The number of piperazine rings is 1. The molecule has 4 rings (SSSR count). The van der Waals surface area contributed by atoms with Crippen molar-refractivity contribution in [2.75, 3.05) is 13.1 Å². The summed E-state index contributed by atoms with van der Waals surface area (Å²) in [5, 5.41) is 2.71. The maximum absolute atomic E-state index is 13.3. The van der Waals surface area contributed by atoms with Crippen molar-refractivity contribution in [3.8, 4) is 0 Å². The van der Waals surface area contributed by atoms with E-state index in [0.29, 0.717) is 16.9 Å². The highest BCUT2D eigenvalue weighted by Gasteiger charge is 2.36. The molecule has 1 N–H and O–H groups in total. The predicted octanol–water partition coefficient (Wildman–Crippen LogP) is 1.46. The van der Waals surface area contributed by atoms with E-state index in [1.807, 2.05) is 0 Å². The van der Waals surface area contributed by atoms with Crippen molar-refractivity contribution in [1.29, 1.82) is 0 Å². The van der Waals surface area contributed by atoms with E-state index in [1.165, 1.54) is 39.8 Å². The summed E-state index contributed by atoms with van der Waals surface area (Å²) >= 11 is 0. The van der Waals surface area contributed by atoms with E-state index >= 15 is 0 Å². The first-order chi connectivity index (χ1) is 13.5. The number of benzene rings is 1. The van der Waals surface area contributed by atoms with Crippen LogP contribution in [0.4, 0.5) is 4.39 Å². The largest absolute Gasteiger partial charge is 0.352 e. The molecule has 1 unspecified atom stereocenters. The average molecular weight is 380 g/mol. The third-order valence-corrected chi connectivity index (χ3v) is 4.81. The quantitative estimate of drug-likeness (QED) is 0.730. The summed E-state index contributed by atoms with van der Waals surface area (Å²) in [6.45, 7) is 2.24. The molecular formula is C20H17FN4O3. The Morgan fingerprint density at radius 2 is 1.93 bits per heavy atom. The van der Waals surface area contributed by atoms with Crippen LogP contribution in [0.3, 0.4) is 0 Å². The number of amides is 2. The molecule has 0 aliphatic carbocycles. The van der Waals surface area contributed by atoms with E-state index in [2.05, 4.69) is 10.3 Å². The molecule has 0 spiro atoms. The van der Waals surface area contributed by atoms with Gasteiger partial charge in [0.1, 0.15) is 23.1 Å². The smallest absolute Gasteiger partial charge is 0.270 e. The van der Waals surface area contributed by atoms with Crippen LogP contribution in [0.25, 0.3) is 5.65 Å². The summed E-state index contributed by atoms with van der Waals surface area (Å²) in [6, 6.07) is 9.64. The van der Waals surface area contributed by atoms with Gasteiger partial charge in [0.05, 0.1) is 0 Å². The molecule has 2 amide bonds.